The number of amides is 1. The summed E-state index contributed by atoms with van der Waals surface area (Å²) in [6.07, 6.45) is 10.2. The summed E-state index contributed by atoms with van der Waals surface area (Å²) in [5.41, 5.74) is 5.92. The zero-order valence-corrected chi connectivity index (χ0v) is 13.6. The van der Waals surface area contributed by atoms with Crippen molar-refractivity contribution in [3.05, 3.63) is 0 Å². The van der Waals surface area contributed by atoms with Crippen LogP contribution in [0.2, 0.25) is 0 Å². The molecule has 3 atom stereocenters. The second-order valence-corrected chi connectivity index (χ2v) is 6.55. The first-order valence-corrected chi connectivity index (χ1v) is 8.87. The first kappa shape index (κ1) is 16.8. The quantitative estimate of drug-likeness (QED) is 0.820. The molecular formula is C17H32N2O2. The van der Waals surface area contributed by atoms with Crippen LogP contribution in [0.5, 0.6) is 0 Å². The summed E-state index contributed by atoms with van der Waals surface area (Å²) in [4.78, 5) is 14.7. The Morgan fingerprint density at radius 1 is 1.19 bits per heavy atom. The van der Waals surface area contributed by atoms with E-state index in [1.54, 1.807) is 0 Å². The van der Waals surface area contributed by atoms with Gasteiger partial charge in [0.1, 0.15) is 0 Å². The maximum Gasteiger partial charge on any atom is 0.222 e. The zero-order chi connectivity index (χ0) is 15.1. The molecule has 0 aromatic carbocycles. The molecule has 0 spiro atoms. The van der Waals surface area contributed by atoms with Crippen molar-refractivity contribution < 1.29 is 9.53 Å². The van der Waals surface area contributed by atoms with Gasteiger partial charge in [0.2, 0.25) is 5.91 Å². The minimum absolute atomic E-state index is 0.303. The molecule has 0 aromatic rings. The number of nitrogens with two attached hydrogens (primary N) is 1. The summed E-state index contributed by atoms with van der Waals surface area (Å²) in [6.45, 7) is 4.48. The predicted octanol–water partition coefficient (Wildman–Crippen LogP) is 2.70. The normalized spacial score (nSPS) is 30.1. The van der Waals surface area contributed by atoms with Gasteiger partial charge in [0.05, 0.1) is 6.10 Å². The molecule has 1 saturated heterocycles. The second-order valence-electron chi connectivity index (χ2n) is 6.55. The van der Waals surface area contributed by atoms with Crippen LogP contribution in [0.15, 0.2) is 0 Å². The van der Waals surface area contributed by atoms with E-state index < -0.39 is 0 Å². The SMILES string of the molecule is CCN(C(=O)CCC1CCCCO1)C1CCCCC1CN. The van der Waals surface area contributed by atoms with E-state index in [1.807, 2.05) is 0 Å². The van der Waals surface area contributed by atoms with Gasteiger partial charge in [-0.2, -0.15) is 0 Å². The van der Waals surface area contributed by atoms with Crippen molar-refractivity contribution >= 4 is 5.91 Å². The molecule has 0 radical (unpaired) electrons. The molecule has 122 valence electrons. The number of carbonyl (C=O) groups is 1. The maximum absolute atomic E-state index is 12.6. The van der Waals surface area contributed by atoms with Gasteiger partial charge in [0.15, 0.2) is 0 Å². The molecule has 0 aromatic heterocycles. The van der Waals surface area contributed by atoms with Crippen molar-refractivity contribution in [1.82, 2.24) is 4.90 Å². The van der Waals surface area contributed by atoms with Crippen molar-refractivity contribution in [3.63, 3.8) is 0 Å². The Labute approximate surface area is 129 Å². The van der Waals surface area contributed by atoms with Gasteiger partial charge < -0.3 is 15.4 Å². The lowest BCUT2D eigenvalue weighted by Gasteiger charge is -2.39. The van der Waals surface area contributed by atoms with E-state index in [4.69, 9.17) is 10.5 Å². The summed E-state index contributed by atoms with van der Waals surface area (Å²) < 4.78 is 5.74. The Kier molecular flexibility index (Phi) is 6.97. The summed E-state index contributed by atoms with van der Waals surface area (Å²) >= 11 is 0. The lowest BCUT2D eigenvalue weighted by atomic mass is 9.83. The van der Waals surface area contributed by atoms with E-state index in [0.717, 1.165) is 32.4 Å². The molecule has 1 aliphatic carbocycles. The summed E-state index contributed by atoms with van der Waals surface area (Å²) in [5, 5.41) is 0. The predicted molar refractivity (Wildman–Crippen MR) is 85.0 cm³/mol. The van der Waals surface area contributed by atoms with E-state index in [9.17, 15) is 4.79 Å². The fraction of sp³-hybridized carbons (Fsp3) is 0.941. The molecular weight excluding hydrogens is 264 g/mol. The van der Waals surface area contributed by atoms with Crippen LogP contribution in [0, 0.1) is 5.92 Å². The van der Waals surface area contributed by atoms with E-state index in [2.05, 4.69) is 11.8 Å². The monoisotopic (exact) mass is 296 g/mol. The molecule has 3 unspecified atom stereocenters. The molecule has 2 fully saturated rings. The molecule has 0 bridgehead atoms. The lowest BCUT2D eigenvalue weighted by Crippen LogP contribution is -2.48. The topological polar surface area (TPSA) is 55.6 Å². The van der Waals surface area contributed by atoms with Crippen LogP contribution in [0.3, 0.4) is 0 Å². The highest BCUT2D eigenvalue weighted by molar-refractivity contribution is 5.76. The summed E-state index contributed by atoms with van der Waals surface area (Å²) in [5.74, 6) is 0.797. The standard InChI is InChI=1S/C17H32N2O2/c1-2-19(16-9-4-3-7-14(16)13-18)17(20)11-10-15-8-5-6-12-21-15/h14-16H,2-13,18H2,1H3. The van der Waals surface area contributed by atoms with Crippen molar-refractivity contribution in [1.29, 1.82) is 0 Å². The van der Waals surface area contributed by atoms with Crippen molar-refractivity contribution in [3.8, 4) is 0 Å². The van der Waals surface area contributed by atoms with Crippen molar-refractivity contribution in [2.45, 2.75) is 76.9 Å². The largest absolute Gasteiger partial charge is 0.378 e. The number of hydrogen-bond acceptors (Lipinski definition) is 3. The van der Waals surface area contributed by atoms with Crippen molar-refractivity contribution in [2.24, 2.45) is 11.7 Å². The third-order valence-electron chi connectivity index (χ3n) is 5.19. The summed E-state index contributed by atoms with van der Waals surface area (Å²) in [6, 6.07) is 0.369. The van der Waals surface area contributed by atoms with Gasteiger partial charge in [-0.15, -0.1) is 0 Å². The maximum atomic E-state index is 12.6. The Bertz CT molecular complexity index is 316. The number of ether oxygens (including phenoxy) is 1. The number of rotatable bonds is 6. The fourth-order valence-electron chi connectivity index (χ4n) is 3.93. The molecule has 1 saturated carbocycles. The third-order valence-corrected chi connectivity index (χ3v) is 5.19. The molecule has 21 heavy (non-hydrogen) atoms. The highest BCUT2D eigenvalue weighted by atomic mass is 16.5. The van der Waals surface area contributed by atoms with Crippen LogP contribution in [0.4, 0.5) is 0 Å². The molecule has 4 nitrogen and oxygen atoms in total. The Hall–Kier alpha value is -0.610. The van der Waals surface area contributed by atoms with Crippen LogP contribution in [-0.2, 0) is 9.53 Å². The van der Waals surface area contributed by atoms with Gasteiger partial charge in [0.25, 0.3) is 0 Å². The smallest absolute Gasteiger partial charge is 0.222 e. The number of nitrogens with zero attached hydrogens (tertiary/aromatic N) is 1. The average molecular weight is 296 g/mol. The fourth-order valence-corrected chi connectivity index (χ4v) is 3.93. The van der Waals surface area contributed by atoms with E-state index in [1.165, 1.54) is 32.1 Å². The lowest BCUT2D eigenvalue weighted by molar-refractivity contribution is -0.136. The molecule has 2 aliphatic rings. The van der Waals surface area contributed by atoms with Crippen LogP contribution in [0.1, 0.15) is 64.7 Å². The van der Waals surface area contributed by atoms with Gasteiger partial charge >= 0.3 is 0 Å². The van der Waals surface area contributed by atoms with Gasteiger partial charge in [-0.1, -0.05) is 12.8 Å². The zero-order valence-electron chi connectivity index (χ0n) is 13.6. The summed E-state index contributed by atoms with van der Waals surface area (Å²) in [7, 11) is 0. The molecule has 1 aliphatic heterocycles. The molecule has 4 heteroatoms. The van der Waals surface area contributed by atoms with Crippen LogP contribution in [0.25, 0.3) is 0 Å². The van der Waals surface area contributed by atoms with Gasteiger partial charge in [-0.05, 0) is 57.9 Å². The van der Waals surface area contributed by atoms with Crippen LogP contribution < -0.4 is 5.73 Å². The first-order valence-electron chi connectivity index (χ1n) is 8.87. The second kappa shape index (κ2) is 8.74. The van der Waals surface area contributed by atoms with Gasteiger partial charge in [-0.25, -0.2) is 0 Å². The number of carbonyl (C=O) groups excluding carboxylic acids is 1. The number of hydrogen-bond donors (Lipinski definition) is 1. The first-order chi connectivity index (χ1) is 10.3. The molecule has 1 heterocycles. The van der Waals surface area contributed by atoms with Crippen LogP contribution in [-0.4, -0.2) is 42.6 Å². The Morgan fingerprint density at radius 3 is 2.62 bits per heavy atom. The van der Waals surface area contributed by atoms with Crippen molar-refractivity contribution in [2.75, 3.05) is 19.7 Å². The van der Waals surface area contributed by atoms with E-state index in [-0.39, 0.29) is 0 Å². The molecule has 2 N–H and O–H groups in total. The minimum Gasteiger partial charge on any atom is -0.378 e. The molecule has 2 rings (SSSR count). The molecule has 1 amide bonds. The van der Waals surface area contributed by atoms with Gasteiger partial charge in [0, 0.05) is 25.6 Å². The minimum atomic E-state index is 0.303. The Balaban J connectivity index is 1.84. The third kappa shape index (κ3) is 4.68. The highest BCUT2D eigenvalue weighted by Gasteiger charge is 2.31. The van der Waals surface area contributed by atoms with E-state index in [0.29, 0.717) is 36.9 Å². The van der Waals surface area contributed by atoms with E-state index >= 15 is 0 Å². The highest BCUT2D eigenvalue weighted by Crippen LogP contribution is 2.28. The van der Waals surface area contributed by atoms with Crippen LogP contribution >= 0.6 is 0 Å². The van der Waals surface area contributed by atoms with Gasteiger partial charge in [-0.3, -0.25) is 4.79 Å². The Morgan fingerprint density at radius 2 is 1.95 bits per heavy atom. The average Bonchev–Trinajstić information content (AvgIpc) is 2.55.